The van der Waals surface area contributed by atoms with E-state index in [4.69, 9.17) is 9.16 Å². The molecule has 1 fully saturated rings. The molecule has 0 spiro atoms. The Morgan fingerprint density at radius 3 is 1.91 bits per heavy atom. The highest BCUT2D eigenvalue weighted by molar-refractivity contribution is 6.99. The molecule has 1 amide bonds. The van der Waals surface area contributed by atoms with Crippen LogP contribution in [0.1, 0.15) is 48.0 Å². The van der Waals surface area contributed by atoms with Gasteiger partial charge in [0.15, 0.2) is 0 Å². The van der Waals surface area contributed by atoms with Crippen molar-refractivity contribution in [3.8, 4) is 0 Å². The molecule has 1 saturated heterocycles. The molecule has 0 radical (unpaired) electrons. The molecule has 1 aliphatic heterocycles. The lowest BCUT2D eigenvalue weighted by atomic mass is 9.94. The number of hydrogen-bond acceptors (Lipinski definition) is 3. The Bertz CT molecular complexity index is 916. The van der Waals surface area contributed by atoms with Crippen LogP contribution in [0.3, 0.4) is 0 Å². The number of likely N-dealkylation sites (tertiary alicyclic amines) is 1. The first-order chi connectivity index (χ1) is 15.8. The first-order valence-electron chi connectivity index (χ1n) is 11.9. The second-order valence-corrected chi connectivity index (χ2v) is 15.4. The van der Waals surface area contributed by atoms with Crippen LogP contribution in [0, 0.1) is 5.92 Å². The van der Waals surface area contributed by atoms with Crippen LogP contribution in [0.2, 0.25) is 5.04 Å². The summed E-state index contributed by atoms with van der Waals surface area (Å²) in [5, 5.41) is 1.76. The SMILES string of the molecule is CC(C)(C)OC(=O)N1CCC(F)(F)C(CO[Si](c2ccccc2)(c2ccccc2)C(C)(C)C)C1. The predicted molar refractivity (Wildman–Crippen MR) is 134 cm³/mol. The van der Waals surface area contributed by atoms with Crippen LogP contribution >= 0.6 is 0 Å². The first-order valence-corrected chi connectivity index (χ1v) is 13.8. The van der Waals surface area contributed by atoms with E-state index >= 15 is 8.78 Å². The van der Waals surface area contributed by atoms with E-state index in [0.29, 0.717) is 0 Å². The van der Waals surface area contributed by atoms with Gasteiger partial charge in [0.05, 0.1) is 5.92 Å². The molecule has 1 atom stereocenters. The molecule has 4 nitrogen and oxygen atoms in total. The highest BCUT2D eigenvalue weighted by Gasteiger charge is 2.53. The maximum absolute atomic E-state index is 15.1. The number of carbonyl (C=O) groups excluding carboxylic acids is 1. The van der Waals surface area contributed by atoms with Gasteiger partial charge in [0.25, 0.3) is 14.2 Å². The molecule has 3 rings (SSSR count). The average molecular weight is 490 g/mol. The minimum absolute atomic E-state index is 0.0301. The monoisotopic (exact) mass is 489 g/mol. The zero-order valence-electron chi connectivity index (χ0n) is 21.1. The van der Waals surface area contributed by atoms with E-state index in [1.54, 1.807) is 20.8 Å². The van der Waals surface area contributed by atoms with Crippen LogP contribution in [0.4, 0.5) is 13.6 Å². The molecular weight excluding hydrogens is 452 g/mol. The quantitative estimate of drug-likeness (QED) is 0.524. The zero-order valence-corrected chi connectivity index (χ0v) is 22.1. The van der Waals surface area contributed by atoms with Gasteiger partial charge in [-0.2, -0.15) is 0 Å². The molecular formula is C27H37F2NO3Si. The van der Waals surface area contributed by atoms with Gasteiger partial charge >= 0.3 is 6.09 Å². The third-order valence-electron chi connectivity index (χ3n) is 6.32. The number of hydrogen-bond donors (Lipinski definition) is 0. The van der Waals surface area contributed by atoms with Gasteiger partial charge in [0.1, 0.15) is 5.60 Å². The van der Waals surface area contributed by atoms with Gasteiger partial charge in [-0.25, -0.2) is 13.6 Å². The number of piperidine rings is 1. The summed E-state index contributed by atoms with van der Waals surface area (Å²) in [7, 11) is -2.95. The number of rotatable bonds is 5. The molecule has 0 aromatic heterocycles. The van der Waals surface area contributed by atoms with E-state index in [1.165, 1.54) is 4.90 Å². The van der Waals surface area contributed by atoms with Crippen molar-refractivity contribution in [3.05, 3.63) is 60.7 Å². The van der Waals surface area contributed by atoms with Crippen LogP contribution in [0.15, 0.2) is 60.7 Å². The van der Waals surface area contributed by atoms with Crippen LogP contribution < -0.4 is 10.4 Å². The van der Waals surface area contributed by atoms with Crippen LogP contribution in [0.5, 0.6) is 0 Å². The maximum atomic E-state index is 15.1. The van der Waals surface area contributed by atoms with Gasteiger partial charge in [-0.3, -0.25) is 0 Å². The van der Waals surface area contributed by atoms with Crippen LogP contribution in [0.25, 0.3) is 0 Å². The summed E-state index contributed by atoms with van der Waals surface area (Å²) in [6, 6.07) is 19.9. The highest BCUT2D eigenvalue weighted by atomic mass is 28.4. The Morgan fingerprint density at radius 2 is 1.47 bits per heavy atom. The van der Waals surface area contributed by atoms with Gasteiger partial charge < -0.3 is 14.1 Å². The maximum Gasteiger partial charge on any atom is 0.410 e. The number of alkyl halides is 2. The molecule has 2 aromatic carbocycles. The second kappa shape index (κ2) is 9.78. The smallest absolute Gasteiger partial charge is 0.410 e. The molecule has 1 heterocycles. The average Bonchev–Trinajstić information content (AvgIpc) is 2.74. The van der Waals surface area contributed by atoms with Crippen molar-refractivity contribution in [3.63, 3.8) is 0 Å². The third kappa shape index (κ3) is 5.69. The van der Waals surface area contributed by atoms with Gasteiger partial charge in [0, 0.05) is 26.1 Å². The Balaban J connectivity index is 1.94. The van der Waals surface area contributed by atoms with Crippen molar-refractivity contribution in [1.82, 2.24) is 4.90 Å². The molecule has 1 aliphatic rings. The van der Waals surface area contributed by atoms with Crippen molar-refractivity contribution in [1.29, 1.82) is 0 Å². The number of halogens is 2. The fraction of sp³-hybridized carbons (Fsp3) is 0.519. The number of carbonyl (C=O) groups is 1. The van der Waals surface area contributed by atoms with Crippen molar-refractivity contribution >= 4 is 24.8 Å². The van der Waals surface area contributed by atoms with Crippen LogP contribution in [-0.4, -0.2) is 50.5 Å². The van der Waals surface area contributed by atoms with Crippen molar-refractivity contribution in [2.45, 2.75) is 64.5 Å². The highest BCUT2D eigenvalue weighted by Crippen LogP contribution is 2.39. The summed E-state index contributed by atoms with van der Waals surface area (Å²) < 4.78 is 42.3. The number of ether oxygens (including phenoxy) is 1. The summed E-state index contributed by atoms with van der Waals surface area (Å²) in [5.41, 5.74) is -0.683. The minimum atomic E-state index is -2.95. The lowest BCUT2D eigenvalue weighted by molar-refractivity contribution is -0.116. The van der Waals surface area contributed by atoms with E-state index in [9.17, 15) is 4.79 Å². The van der Waals surface area contributed by atoms with E-state index in [1.807, 2.05) is 60.7 Å². The lowest BCUT2D eigenvalue weighted by Gasteiger charge is -2.45. The molecule has 34 heavy (non-hydrogen) atoms. The van der Waals surface area contributed by atoms with E-state index in [0.717, 1.165) is 10.4 Å². The van der Waals surface area contributed by atoms with Crippen molar-refractivity contribution in [2.75, 3.05) is 19.7 Å². The molecule has 0 bridgehead atoms. The van der Waals surface area contributed by atoms with Gasteiger partial charge in [-0.05, 0) is 36.2 Å². The third-order valence-corrected chi connectivity index (χ3v) is 11.3. The normalized spacial score (nSPS) is 19.1. The Hall–Kier alpha value is -2.25. The molecule has 0 aliphatic carbocycles. The summed E-state index contributed by atoms with van der Waals surface area (Å²) in [5.74, 6) is -4.04. The summed E-state index contributed by atoms with van der Waals surface area (Å²) in [6.07, 6.45) is -0.959. The fourth-order valence-electron chi connectivity index (χ4n) is 4.63. The standard InChI is InChI=1S/C27H37F2NO3Si/c1-25(2,3)33-24(31)30-18-17-27(28,29)21(19-30)20-32-34(26(4,5)6,22-13-9-7-10-14-22)23-15-11-8-12-16-23/h7-16,21H,17-20H2,1-6H3. The molecule has 0 saturated carbocycles. The number of benzene rings is 2. The zero-order chi connectivity index (χ0) is 25.2. The van der Waals surface area contributed by atoms with Gasteiger partial charge in [-0.15, -0.1) is 0 Å². The molecule has 1 unspecified atom stereocenters. The Morgan fingerprint density at radius 1 is 0.971 bits per heavy atom. The largest absolute Gasteiger partial charge is 0.444 e. The summed E-state index contributed by atoms with van der Waals surface area (Å²) in [6.45, 7) is 11.4. The molecule has 2 aromatic rings. The van der Waals surface area contributed by atoms with E-state index in [-0.39, 0.29) is 24.7 Å². The molecule has 7 heteroatoms. The predicted octanol–water partition coefficient (Wildman–Crippen LogP) is 5.46. The number of nitrogens with zero attached hydrogens (tertiary/aromatic N) is 1. The second-order valence-electron chi connectivity index (χ2n) is 11.1. The lowest BCUT2D eigenvalue weighted by Crippen LogP contribution is -2.67. The molecule has 0 N–H and O–H groups in total. The Kier molecular flexibility index (Phi) is 7.58. The fourth-order valence-corrected chi connectivity index (χ4v) is 9.24. The minimum Gasteiger partial charge on any atom is -0.444 e. The van der Waals surface area contributed by atoms with Crippen molar-refractivity contribution < 1.29 is 22.7 Å². The van der Waals surface area contributed by atoms with Gasteiger partial charge in [0.2, 0.25) is 0 Å². The first kappa shape index (κ1) is 26.4. The summed E-state index contributed by atoms with van der Waals surface area (Å²) in [4.78, 5) is 14.0. The van der Waals surface area contributed by atoms with Crippen molar-refractivity contribution in [2.24, 2.45) is 5.92 Å². The molecule has 186 valence electrons. The summed E-state index contributed by atoms with van der Waals surface area (Å²) >= 11 is 0. The van der Waals surface area contributed by atoms with E-state index < -0.39 is 38.3 Å². The topological polar surface area (TPSA) is 38.8 Å². The van der Waals surface area contributed by atoms with Crippen LogP contribution in [-0.2, 0) is 9.16 Å². The number of amides is 1. The van der Waals surface area contributed by atoms with Gasteiger partial charge in [-0.1, -0.05) is 81.4 Å². The van der Waals surface area contributed by atoms with E-state index in [2.05, 4.69) is 20.8 Å². The Labute approximate surface area is 203 Å².